The highest BCUT2D eigenvalue weighted by molar-refractivity contribution is 5.94. The summed E-state index contributed by atoms with van der Waals surface area (Å²) in [6.45, 7) is 10.4. The molecule has 0 radical (unpaired) electrons. The zero-order chi connectivity index (χ0) is 19.7. The van der Waals surface area contributed by atoms with E-state index in [1.54, 1.807) is 0 Å². The molecule has 1 atom stereocenters. The molecule has 6 heteroatoms. The molecule has 0 bridgehead atoms. The second kappa shape index (κ2) is 7.72. The van der Waals surface area contributed by atoms with E-state index in [2.05, 4.69) is 42.3 Å². The quantitative estimate of drug-likeness (QED) is 0.846. The Labute approximate surface area is 166 Å². The largest absolute Gasteiger partial charge is 0.454 e. The molecule has 2 aromatic carbocycles. The zero-order valence-electron chi connectivity index (χ0n) is 16.7. The number of quaternary nitrogens is 1. The first-order chi connectivity index (χ1) is 13.5. The molecule has 2 heterocycles. The van der Waals surface area contributed by atoms with Crippen LogP contribution in [0.15, 0.2) is 36.4 Å². The zero-order valence-corrected chi connectivity index (χ0v) is 16.7. The Kier molecular flexibility index (Phi) is 5.13. The van der Waals surface area contributed by atoms with Crippen LogP contribution in [0.3, 0.4) is 0 Å². The van der Waals surface area contributed by atoms with E-state index in [-0.39, 0.29) is 18.7 Å². The van der Waals surface area contributed by atoms with E-state index < -0.39 is 0 Å². The number of hydrogen-bond acceptors (Lipinski definition) is 4. The first-order valence-corrected chi connectivity index (χ1v) is 9.89. The van der Waals surface area contributed by atoms with Gasteiger partial charge < -0.3 is 24.6 Å². The normalized spacial score (nSPS) is 17.5. The van der Waals surface area contributed by atoms with Crippen LogP contribution in [0.5, 0.6) is 11.5 Å². The summed E-state index contributed by atoms with van der Waals surface area (Å²) in [6, 6.07) is 11.9. The van der Waals surface area contributed by atoms with Gasteiger partial charge >= 0.3 is 0 Å². The smallest absolute Gasteiger partial charge is 0.282 e. The van der Waals surface area contributed by atoms with Crippen LogP contribution < -0.4 is 24.6 Å². The highest BCUT2D eigenvalue weighted by Crippen LogP contribution is 2.34. The Hall–Kier alpha value is -2.73. The maximum Gasteiger partial charge on any atom is 0.282 e. The van der Waals surface area contributed by atoms with E-state index in [1.807, 2.05) is 25.1 Å². The monoisotopic (exact) mass is 382 g/mol. The number of piperazine rings is 1. The molecule has 1 amide bonds. The molecule has 2 aromatic rings. The minimum atomic E-state index is -0.105. The molecular formula is C22H28N3O3+. The summed E-state index contributed by atoms with van der Waals surface area (Å²) in [5.74, 6) is 1.44. The molecule has 1 fully saturated rings. The van der Waals surface area contributed by atoms with Crippen molar-refractivity contribution in [2.24, 2.45) is 0 Å². The van der Waals surface area contributed by atoms with Gasteiger partial charge in [0.15, 0.2) is 17.5 Å². The third kappa shape index (κ3) is 3.64. The SMILES string of the molecule is Cc1cccc(N2CC[NH+]([C@@H](C)C(=O)Nc3ccc4c(c3)OCO4)CC2)c1C. The van der Waals surface area contributed by atoms with Gasteiger partial charge in [-0.25, -0.2) is 0 Å². The highest BCUT2D eigenvalue weighted by Gasteiger charge is 2.30. The number of hydrogen-bond donors (Lipinski definition) is 2. The van der Waals surface area contributed by atoms with Gasteiger partial charge in [-0.15, -0.1) is 0 Å². The first-order valence-electron chi connectivity index (χ1n) is 9.89. The topological polar surface area (TPSA) is 55.2 Å². The van der Waals surface area contributed by atoms with Gasteiger partial charge in [-0.05, 0) is 50.1 Å². The standard InChI is InChI=1S/C22H27N3O3/c1-15-5-4-6-19(16(15)2)25-11-9-24(10-12-25)17(3)22(26)23-18-7-8-20-21(13-18)28-14-27-20/h4-8,13,17H,9-12,14H2,1-3H3,(H,23,26)/p+1/t17-/m0/s1. The summed E-state index contributed by atoms with van der Waals surface area (Å²) in [6.07, 6.45) is 0. The van der Waals surface area contributed by atoms with E-state index in [1.165, 1.54) is 21.7 Å². The lowest BCUT2D eigenvalue weighted by Gasteiger charge is -2.36. The predicted molar refractivity (Wildman–Crippen MR) is 109 cm³/mol. The number of nitrogens with one attached hydrogen (secondary N) is 2. The van der Waals surface area contributed by atoms with E-state index in [0.29, 0.717) is 5.75 Å². The lowest BCUT2D eigenvalue weighted by molar-refractivity contribution is -0.914. The summed E-state index contributed by atoms with van der Waals surface area (Å²) >= 11 is 0. The van der Waals surface area contributed by atoms with Gasteiger partial charge in [0.25, 0.3) is 5.91 Å². The van der Waals surface area contributed by atoms with E-state index in [0.717, 1.165) is 37.6 Å². The van der Waals surface area contributed by atoms with Crippen molar-refractivity contribution in [1.29, 1.82) is 0 Å². The van der Waals surface area contributed by atoms with E-state index >= 15 is 0 Å². The van der Waals surface area contributed by atoms with Gasteiger partial charge in [-0.1, -0.05) is 12.1 Å². The van der Waals surface area contributed by atoms with Crippen LogP contribution in [0.4, 0.5) is 11.4 Å². The average molecular weight is 382 g/mol. The third-order valence-electron chi connectivity index (χ3n) is 5.97. The Morgan fingerprint density at radius 3 is 2.64 bits per heavy atom. The number of aryl methyl sites for hydroxylation is 1. The molecule has 148 valence electrons. The average Bonchev–Trinajstić information content (AvgIpc) is 3.17. The van der Waals surface area contributed by atoms with Crippen LogP contribution in [0.25, 0.3) is 0 Å². The number of ether oxygens (including phenoxy) is 2. The van der Waals surface area contributed by atoms with Gasteiger partial charge in [-0.2, -0.15) is 0 Å². The van der Waals surface area contributed by atoms with Crippen molar-refractivity contribution in [3.05, 3.63) is 47.5 Å². The van der Waals surface area contributed by atoms with Crippen LogP contribution in [-0.2, 0) is 4.79 Å². The molecule has 0 aliphatic carbocycles. The Balaban J connectivity index is 1.35. The second-order valence-corrected chi connectivity index (χ2v) is 7.64. The molecule has 2 N–H and O–H groups in total. The van der Waals surface area contributed by atoms with Crippen LogP contribution in [-0.4, -0.2) is 44.9 Å². The highest BCUT2D eigenvalue weighted by atomic mass is 16.7. The summed E-state index contributed by atoms with van der Waals surface area (Å²) in [5.41, 5.74) is 4.73. The number of carbonyl (C=O) groups excluding carboxylic acids is 1. The van der Waals surface area contributed by atoms with Gasteiger partial charge in [0.2, 0.25) is 6.79 Å². The lowest BCUT2D eigenvalue weighted by Crippen LogP contribution is -3.19. The van der Waals surface area contributed by atoms with Gasteiger partial charge in [0, 0.05) is 17.4 Å². The van der Waals surface area contributed by atoms with Crippen molar-refractivity contribution < 1.29 is 19.2 Å². The lowest BCUT2D eigenvalue weighted by atomic mass is 10.1. The maximum atomic E-state index is 12.7. The molecule has 2 aliphatic heterocycles. The Bertz CT molecular complexity index is 875. The van der Waals surface area contributed by atoms with Crippen molar-refractivity contribution >= 4 is 17.3 Å². The van der Waals surface area contributed by atoms with Crippen LogP contribution >= 0.6 is 0 Å². The predicted octanol–water partition coefficient (Wildman–Crippen LogP) is 1.76. The second-order valence-electron chi connectivity index (χ2n) is 7.64. The number of anilines is 2. The Morgan fingerprint density at radius 1 is 1.11 bits per heavy atom. The van der Waals surface area contributed by atoms with Gasteiger partial charge in [0.05, 0.1) is 26.2 Å². The van der Waals surface area contributed by atoms with Crippen molar-refractivity contribution in [2.75, 3.05) is 43.2 Å². The van der Waals surface area contributed by atoms with Crippen molar-refractivity contribution in [1.82, 2.24) is 0 Å². The summed E-state index contributed by atoms with van der Waals surface area (Å²) in [5, 5.41) is 3.02. The van der Waals surface area contributed by atoms with Crippen LogP contribution in [0.2, 0.25) is 0 Å². The summed E-state index contributed by atoms with van der Waals surface area (Å²) in [4.78, 5) is 16.5. The van der Waals surface area contributed by atoms with Crippen LogP contribution in [0, 0.1) is 13.8 Å². The number of amides is 1. The van der Waals surface area contributed by atoms with Crippen LogP contribution in [0.1, 0.15) is 18.1 Å². The molecule has 0 saturated carbocycles. The van der Waals surface area contributed by atoms with Gasteiger partial charge in [-0.3, -0.25) is 4.79 Å². The third-order valence-corrected chi connectivity index (χ3v) is 5.97. The molecule has 0 spiro atoms. The molecule has 0 aromatic heterocycles. The first kappa shape index (κ1) is 18.6. The molecule has 28 heavy (non-hydrogen) atoms. The van der Waals surface area contributed by atoms with Crippen molar-refractivity contribution in [2.45, 2.75) is 26.8 Å². The van der Waals surface area contributed by atoms with E-state index in [9.17, 15) is 4.79 Å². The van der Waals surface area contributed by atoms with E-state index in [4.69, 9.17) is 9.47 Å². The molecule has 6 nitrogen and oxygen atoms in total. The number of benzene rings is 2. The number of rotatable bonds is 4. The van der Waals surface area contributed by atoms with Crippen molar-refractivity contribution in [3.8, 4) is 11.5 Å². The fourth-order valence-corrected chi connectivity index (χ4v) is 3.96. The number of carbonyl (C=O) groups is 1. The molecule has 1 saturated heterocycles. The van der Waals surface area contributed by atoms with Gasteiger partial charge in [0.1, 0.15) is 0 Å². The molecular weight excluding hydrogens is 354 g/mol. The number of nitrogens with zero attached hydrogens (tertiary/aromatic N) is 1. The Morgan fingerprint density at radius 2 is 1.86 bits per heavy atom. The minimum Gasteiger partial charge on any atom is -0.454 e. The molecule has 0 unspecified atom stereocenters. The number of fused-ring (bicyclic) bond motifs is 1. The fourth-order valence-electron chi connectivity index (χ4n) is 3.96. The summed E-state index contributed by atoms with van der Waals surface area (Å²) in [7, 11) is 0. The molecule has 4 rings (SSSR count). The van der Waals surface area contributed by atoms with Crippen molar-refractivity contribution in [3.63, 3.8) is 0 Å². The summed E-state index contributed by atoms with van der Waals surface area (Å²) < 4.78 is 10.7. The minimum absolute atomic E-state index is 0.0362. The molecule has 2 aliphatic rings. The maximum absolute atomic E-state index is 12.7. The fraction of sp³-hybridized carbons (Fsp3) is 0.409.